The highest BCUT2D eigenvalue weighted by atomic mass is 16.5. The molecule has 1 aliphatic carbocycles. The largest absolute Gasteiger partial charge is 0.507 e. The van der Waals surface area contributed by atoms with Gasteiger partial charge in [0.05, 0.1) is 29.3 Å². The van der Waals surface area contributed by atoms with E-state index < -0.39 is 25.1 Å². The lowest BCUT2D eigenvalue weighted by atomic mass is 9.57. The number of hydrogen-bond donors (Lipinski definition) is 3. The summed E-state index contributed by atoms with van der Waals surface area (Å²) in [7, 11) is -1.06. The van der Waals surface area contributed by atoms with Crippen LogP contribution in [0.2, 0.25) is 6.32 Å². The topological polar surface area (TPSA) is 112 Å². The van der Waals surface area contributed by atoms with E-state index in [2.05, 4.69) is 24.1 Å². The van der Waals surface area contributed by atoms with E-state index in [0.29, 0.717) is 30.5 Å². The van der Waals surface area contributed by atoms with E-state index in [1.807, 2.05) is 91.0 Å². The second kappa shape index (κ2) is 13.9. The number of benzene rings is 3. The molecule has 0 bridgehead atoms. The summed E-state index contributed by atoms with van der Waals surface area (Å²) in [5.41, 5.74) is 6.94. The van der Waals surface area contributed by atoms with Crippen molar-refractivity contribution in [3.05, 3.63) is 126 Å². The maximum absolute atomic E-state index is 14.3. The summed E-state index contributed by atoms with van der Waals surface area (Å²) >= 11 is 0. The minimum Gasteiger partial charge on any atom is -0.507 e. The normalized spacial score (nSPS) is 22.4. The summed E-state index contributed by atoms with van der Waals surface area (Å²) in [6.07, 6.45) is 5.09. The number of carbonyl (C=O) groups is 2. The van der Waals surface area contributed by atoms with Gasteiger partial charge in [0.25, 0.3) is 0 Å². The summed E-state index contributed by atoms with van der Waals surface area (Å²) in [5.74, 6) is -1.46. The molecular weight excluding hydrogens is 613 g/mol. The number of fused-ring (bicyclic) bond motifs is 3. The molecule has 2 amide bonds. The van der Waals surface area contributed by atoms with E-state index in [9.17, 15) is 19.7 Å². The molecule has 248 valence electrons. The highest BCUT2D eigenvalue weighted by molar-refractivity contribution is 6.43. The average molecular weight is 654 g/mol. The molecule has 1 aromatic heterocycles. The van der Waals surface area contributed by atoms with Crippen molar-refractivity contribution < 1.29 is 24.4 Å². The van der Waals surface area contributed by atoms with Crippen LogP contribution in [0.1, 0.15) is 44.4 Å². The van der Waals surface area contributed by atoms with Gasteiger partial charge in [0.15, 0.2) is 0 Å². The van der Waals surface area contributed by atoms with Crippen LogP contribution in [0.5, 0.6) is 5.75 Å². The van der Waals surface area contributed by atoms with Gasteiger partial charge in [-0.05, 0) is 109 Å². The Hall–Kier alpha value is -4.99. The van der Waals surface area contributed by atoms with Crippen molar-refractivity contribution in [1.29, 1.82) is 0 Å². The number of para-hydroxylation sites is 2. The Morgan fingerprint density at radius 3 is 2.37 bits per heavy atom. The van der Waals surface area contributed by atoms with Crippen molar-refractivity contribution in [1.82, 2.24) is 4.98 Å². The van der Waals surface area contributed by atoms with Crippen LogP contribution in [0.4, 0.5) is 17.1 Å². The molecule has 4 aromatic rings. The van der Waals surface area contributed by atoms with Gasteiger partial charge < -0.3 is 20.1 Å². The molecule has 3 N–H and O–H groups in total. The van der Waals surface area contributed by atoms with Gasteiger partial charge in [0.1, 0.15) is 5.75 Å². The van der Waals surface area contributed by atoms with E-state index in [-0.39, 0.29) is 35.7 Å². The molecule has 0 unspecified atom stereocenters. The van der Waals surface area contributed by atoms with Gasteiger partial charge in [-0.1, -0.05) is 61.9 Å². The summed E-state index contributed by atoms with van der Waals surface area (Å²) in [6, 6.07) is 30.1. The summed E-state index contributed by atoms with van der Waals surface area (Å²) in [6.45, 7) is 4.24. The molecule has 8 nitrogen and oxygen atoms in total. The zero-order chi connectivity index (χ0) is 34.1. The van der Waals surface area contributed by atoms with Crippen molar-refractivity contribution in [3.8, 4) is 5.75 Å². The van der Waals surface area contributed by atoms with Gasteiger partial charge in [0, 0.05) is 23.1 Å². The number of nitrogens with one attached hydrogen (secondary N) is 1. The van der Waals surface area contributed by atoms with Crippen LogP contribution in [-0.2, 0) is 14.2 Å². The maximum Gasteiger partial charge on any atom is 0.455 e. The first-order chi connectivity index (χ1) is 23.8. The van der Waals surface area contributed by atoms with Crippen LogP contribution in [0.25, 0.3) is 11.6 Å². The highest BCUT2D eigenvalue weighted by Crippen LogP contribution is 2.52. The van der Waals surface area contributed by atoms with Crippen molar-refractivity contribution in [3.63, 3.8) is 0 Å². The van der Waals surface area contributed by atoms with Crippen LogP contribution in [0.3, 0.4) is 0 Å². The number of pyridine rings is 1. The Morgan fingerprint density at radius 2 is 1.65 bits per heavy atom. The number of phenols is 1. The minimum absolute atomic E-state index is 0.132. The van der Waals surface area contributed by atoms with E-state index >= 15 is 0 Å². The molecule has 3 aromatic carbocycles. The molecule has 3 aliphatic rings. The number of anilines is 3. The first-order valence-corrected chi connectivity index (χ1v) is 17.0. The monoisotopic (exact) mass is 653 g/mol. The molecule has 9 heteroatoms. The smallest absolute Gasteiger partial charge is 0.455 e. The third kappa shape index (κ3) is 6.56. The van der Waals surface area contributed by atoms with E-state index in [0.717, 1.165) is 33.8 Å². The first-order valence-electron chi connectivity index (χ1n) is 17.0. The molecule has 2 aliphatic heterocycles. The van der Waals surface area contributed by atoms with Gasteiger partial charge in [-0.15, -0.1) is 0 Å². The first kappa shape index (κ1) is 32.6. The number of aromatic hydroxyl groups is 1. The maximum atomic E-state index is 14.3. The van der Waals surface area contributed by atoms with E-state index in [1.165, 1.54) is 4.90 Å². The van der Waals surface area contributed by atoms with Crippen molar-refractivity contribution >= 4 is 47.6 Å². The number of amides is 2. The number of allylic oxidation sites excluding steroid dienone is 2. The SMILES string of the molecule is CC(C)C1=C2[C@@H](CC/C(=C/c3ccccc3O)c3ccccn3)OB(O)C[C@@H]2[C@@H]2C(=O)N(c3ccc(Nc4ccccc4)cc3)C(=O)[C@@H]2C1. The number of hydrogen-bond acceptors (Lipinski definition) is 7. The molecule has 4 atom stereocenters. The fraction of sp³-hybridized carbons (Fsp3) is 0.275. The number of rotatable bonds is 9. The molecule has 0 radical (unpaired) electrons. The Kier molecular flexibility index (Phi) is 9.21. The lowest BCUT2D eigenvalue weighted by molar-refractivity contribution is -0.122. The second-order valence-corrected chi connectivity index (χ2v) is 13.4. The Bertz CT molecular complexity index is 1890. The molecule has 2 fully saturated rings. The number of carbonyl (C=O) groups excluding carboxylic acids is 2. The Balaban J connectivity index is 1.17. The van der Waals surface area contributed by atoms with Crippen molar-refractivity contribution in [2.24, 2.45) is 23.7 Å². The van der Waals surface area contributed by atoms with Crippen molar-refractivity contribution in [2.45, 2.75) is 45.5 Å². The predicted octanol–water partition coefficient (Wildman–Crippen LogP) is 7.51. The highest BCUT2D eigenvalue weighted by Gasteiger charge is 2.57. The third-order valence-electron chi connectivity index (χ3n) is 10.1. The van der Waals surface area contributed by atoms with Gasteiger partial charge in [0.2, 0.25) is 11.8 Å². The van der Waals surface area contributed by atoms with E-state index in [1.54, 1.807) is 18.3 Å². The fourth-order valence-corrected chi connectivity index (χ4v) is 7.80. The molecule has 0 saturated carbocycles. The zero-order valence-electron chi connectivity index (χ0n) is 27.7. The standard InChI is InChI=1S/C40H40BN3O5/c1-25(2)31-23-32-38(40(47)44(39(32)46)30-18-16-29(17-19-30)43-28-11-4-3-5-12-28)33-24-41(48)49-36(37(31)33)20-15-26(34-13-8-9-21-42-34)22-27-10-6-7-14-35(27)45/h3-14,16-19,21-22,25,32-33,36,38,43,45,48H,15,20,23-24H2,1-2H3/b26-22-/t32-,33+,36-,38-/m1/s1. The fourth-order valence-electron chi connectivity index (χ4n) is 7.80. The van der Waals surface area contributed by atoms with Gasteiger partial charge >= 0.3 is 7.12 Å². The van der Waals surface area contributed by atoms with Crippen LogP contribution in [-0.4, -0.2) is 40.2 Å². The second-order valence-electron chi connectivity index (χ2n) is 13.4. The number of imide groups is 1. The van der Waals surface area contributed by atoms with Gasteiger partial charge in [-0.3, -0.25) is 19.5 Å². The lowest BCUT2D eigenvalue weighted by Gasteiger charge is -2.44. The summed E-state index contributed by atoms with van der Waals surface area (Å²) in [5, 5.41) is 25.0. The Morgan fingerprint density at radius 1 is 0.939 bits per heavy atom. The molecule has 3 heterocycles. The number of nitrogens with zero attached hydrogens (tertiary/aromatic N) is 2. The van der Waals surface area contributed by atoms with Crippen LogP contribution in [0, 0.1) is 23.7 Å². The quantitative estimate of drug-likeness (QED) is 0.0974. The number of phenolic OH excluding ortho intramolecular Hbond substituents is 1. The summed E-state index contributed by atoms with van der Waals surface area (Å²) < 4.78 is 6.26. The molecule has 0 spiro atoms. The molecule has 49 heavy (non-hydrogen) atoms. The van der Waals surface area contributed by atoms with Crippen LogP contribution < -0.4 is 10.2 Å². The van der Waals surface area contributed by atoms with Crippen molar-refractivity contribution in [2.75, 3.05) is 10.2 Å². The van der Waals surface area contributed by atoms with E-state index in [4.69, 9.17) is 4.65 Å². The molecule has 2 saturated heterocycles. The predicted molar refractivity (Wildman–Crippen MR) is 193 cm³/mol. The molecular formula is C40H40BN3O5. The summed E-state index contributed by atoms with van der Waals surface area (Å²) in [4.78, 5) is 34.2. The Labute approximate surface area is 287 Å². The number of aromatic nitrogens is 1. The van der Waals surface area contributed by atoms with Gasteiger partial charge in [-0.25, -0.2) is 0 Å². The molecule has 7 rings (SSSR count). The minimum atomic E-state index is -1.06. The van der Waals surface area contributed by atoms with Crippen LogP contribution in [0.15, 0.2) is 114 Å². The van der Waals surface area contributed by atoms with Gasteiger partial charge in [-0.2, -0.15) is 0 Å². The average Bonchev–Trinajstić information content (AvgIpc) is 3.36. The van der Waals surface area contributed by atoms with Crippen LogP contribution >= 0.6 is 0 Å². The lowest BCUT2D eigenvalue weighted by Crippen LogP contribution is -2.46. The third-order valence-corrected chi connectivity index (χ3v) is 10.1. The zero-order valence-corrected chi connectivity index (χ0v) is 27.7.